The van der Waals surface area contributed by atoms with Crippen LogP contribution in [0.4, 0.5) is 0 Å². The third-order valence-corrected chi connectivity index (χ3v) is 3.34. The topological polar surface area (TPSA) is 179 Å². The van der Waals surface area contributed by atoms with Crippen LogP contribution in [0.1, 0.15) is 5.56 Å². The number of benzene rings is 1. The van der Waals surface area contributed by atoms with Gasteiger partial charge in [0.2, 0.25) is 0 Å². The Hall–Kier alpha value is 0.0683. The van der Waals surface area contributed by atoms with Crippen molar-refractivity contribution in [2.75, 3.05) is 0 Å². The standard InChI is InChI=1S/C7H8.2O5P2.W/c1-7-5-3-2-4-6-7;2*1-6(2)5-7(3)4;/h2-6H,1H3;;;. The zero-order chi connectivity index (χ0) is 16.8. The molecule has 0 saturated carbocycles. The molecule has 0 aliphatic rings. The zero-order valence-corrected chi connectivity index (χ0v) is 17.2. The molecule has 0 spiro atoms. The summed E-state index contributed by atoms with van der Waals surface area (Å²) in [7, 11) is -12.9. The second kappa shape index (κ2) is 17.4. The summed E-state index contributed by atoms with van der Waals surface area (Å²) in [6.07, 6.45) is 0. The van der Waals surface area contributed by atoms with Crippen LogP contribution in [0.2, 0.25) is 0 Å². The van der Waals surface area contributed by atoms with Gasteiger partial charge < -0.3 is 19.6 Å². The van der Waals surface area contributed by atoms with Crippen LogP contribution in [-0.4, -0.2) is 0 Å². The molecule has 0 bridgehead atoms. The Morgan fingerprint density at radius 1 is 0.727 bits per heavy atom. The first-order valence-corrected chi connectivity index (χ1v) is 8.98. The summed E-state index contributed by atoms with van der Waals surface area (Å²) in [5.41, 5.74) is 1.32. The molecule has 0 heterocycles. The minimum Gasteiger partial charge on any atom is -0.563 e. The van der Waals surface area contributed by atoms with E-state index in [2.05, 4.69) is 27.7 Å². The van der Waals surface area contributed by atoms with Gasteiger partial charge in [-0.3, -0.25) is 0 Å². The SMILES string of the molecule is Cc1ccccc1.O=[P+]([O-])O[P+](=O)[O-].O=[P+]([O-])O[P+](=O)[O-].[W]. The molecule has 0 N–H and O–H groups in total. The average Bonchev–Trinajstić information content (AvgIpc) is 2.27. The molecule has 0 radical (unpaired) electrons. The summed E-state index contributed by atoms with van der Waals surface area (Å²) in [5.74, 6) is 0. The van der Waals surface area contributed by atoms with Gasteiger partial charge in [0.05, 0.1) is 0 Å². The predicted molar refractivity (Wildman–Crippen MR) is 63.8 cm³/mol. The molecule has 1 aromatic rings. The molecule has 4 atom stereocenters. The minimum atomic E-state index is -3.24. The predicted octanol–water partition coefficient (Wildman–Crippen LogP) is 0.0693. The van der Waals surface area contributed by atoms with Gasteiger partial charge >= 0.3 is 33.0 Å². The van der Waals surface area contributed by atoms with Crippen molar-refractivity contribution in [2.45, 2.75) is 6.92 Å². The van der Waals surface area contributed by atoms with E-state index >= 15 is 0 Å². The van der Waals surface area contributed by atoms with Crippen LogP contribution >= 0.6 is 33.0 Å². The van der Waals surface area contributed by atoms with Crippen LogP contribution in [-0.2, 0) is 47.9 Å². The molecule has 0 aliphatic heterocycles. The molecular weight excluding hydrogens is 552 g/mol. The quantitative estimate of drug-likeness (QED) is 0.458. The van der Waals surface area contributed by atoms with E-state index in [9.17, 15) is 37.8 Å². The first-order valence-electron chi connectivity index (χ1n) is 4.60. The molecule has 0 saturated heterocycles. The molecule has 1 aromatic carbocycles. The summed E-state index contributed by atoms with van der Waals surface area (Å²) in [5, 5.41) is 0. The molecular formula is C7H8O10P4W. The maximum Gasteiger partial charge on any atom is 0.543 e. The van der Waals surface area contributed by atoms with Gasteiger partial charge in [0.1, 0.15) is 8.62 Å². The van der Waals surface area contributed by atoms with Crippen LogP contribution in [0.25, 0.3) is 0 Å². The van der Waals surface area contributed by atoms with Crippen molar-refractivity contribution in [1.82, 2.24) is 0 Å². The van der Waals surface area contributed by atoms with E-state index in [-0.39, 0.29) is 21.1 Å². The smallest absolute Gasteiger partial charge is 0.543 e. The number of hydrogen-bond donors (Lipinski definition) is 0. The molecule has 15 heteroatoms. The molecule has 0 aliphatic carbocycles. The van der Waals surface area contributed by atoms with Crippen LogP contribution in [0.5, 0.6) is 0 Å². The maximum atomic E-state index is 9.24. The van der Waals surface area contributed by atoms with Crippen molar-refractivity contribution in [3.8, 4) is 0 Å². The van der Waals surface area contributed by atoms with Crippen molar-refractivity contribution >= 4 is 33.0 Å². The Labute approximate surface area is 143 Å². The van der Waals surface area contributed by atoms with Crippen molar-refractivity contribution in [3.05, 3.63) is 35.9 Å². The number of aryl methyl sites for hydroxylation is 1. The van der Waals surface area contributed by atoms with Gasteiger partial charge in [0.15, 0.2) is 0 Å². The van der Waals surface area contributed by atoms with E-state index in [1.54, 1.807) is 0 Å². The fourth-order valence-corrected chi connectivity index (χ4v) is 1.51. The summed E-state index contributed by atoms with van der Waals surface area (Å²) in [6, 6.07) is 10.3. The van der Waals surface area contributed by atoms with Gasteiger partial charge in [0, 0.05) is 21.1 Å². The Kier molecular flexibility index (Phi) is 21.3. The maximum absolute atomic E-state index is 9.24. The molecule has 4 unspecified atom stereocenters. The second-order valence-electron chi connectivity index (χ2n) is 2.71. The zero-order valence-electron chi connectivity index (χ0n) is 10.7. The van der Waals surface area contributed by atoms with Crippen LogP contribution < -0.4 is 19.6 Å². The minimum absolute atomic E-state index is 0. The molecule has 122 valence electrons. The van der Waals surface area contributed by atoms with Gasteiger partial charge in [-0.1, -0.05) is 35.9 Å². The average molecular weight is 560 g/mol. The van der Waals surface area contributed by atoms with Gasteiger partial charge in [-0.05, 0) is 25.2 Å². The van der Waals surface area contributed by atoms with E-state index in [1.165, 1.54) is 5.56 Å². The van der Waals surface area contributed by atoms with E-state index in [0.717, 1.165) is 0 Å². The second-order valence-corrected chi connectivity index (χ2v) is 5.81. The van der Waals surface area contributed by atoms with Gasteiger partial charge in [-0.25, -0.2) is 0 Å². The van der Waals surface area contributed by atoms with Crippen molar-refractivity contribution in [1.29, 1.82) is 0 Å². The molecule has 0 amide bonds. The van der Waals surface area contributed by atoms with Gasteiger partial charge in [-0.2, -0.15) is 0 Å². The monoisotopic (exact) mass is 560 g/mol. The summed E-state index contributed by atoms with van der Waals surface area (Å²) < 4.78 is 43.3. The van der Waals surface area contributed by atoms with Gasteiger partial charge in [-0.15, -0.1) is 0 Å². The summed E-state index contributed by atoms with van der Waals surface area (Å²) in [4.78, 5) is 37.0. The Morgan fingerprint density at radius 3 is 1.09 bits per heavy atom. The summed E-state index contributed by atoms with van der Waals surface area (Å²) >= 11 is 0. The first-order chi connectivity index (χ1) is 9.65. The third kappa shape index (κ3) is 28.3. The molecule has 22 heavy (non-hydrogen) atoms. The van der Waals surface area contributed by atoms with E-state index in [0.29, 0.717) is 0 Å². The third-order valence-electron chi connectivity index (χ3n) is 1.21. The largest absolute Gasteiger partial charge is 0.563 e. The Balaban J connectivity index is -0.000000241. The molecule has 0 fully saturated rings. The Bertz CT molecular complexity index is 433. The van der Waals surface area contributed by atoms with Gasteiger partial charge in [0.25, 0.3) is 0 Å². The first kappa shape index (κ1) is 26.9. The van der Waals surface area contributed by atoms with E-state index in [4.69, 9.17) is 0 Å². The van der Waals surface area contributed by atoms with E-state index < -0.39 is 33.0 Å². The molecule has 1 rings (SSSR count). The molecule has 0 aromatic heterocycles. The van der Waals surface area contributed by atoms with Crippen LogP contribution in [0.15, 0.2) is 30.3 Å². The van der Waals surface area contributed by atoms with Crippen LogP contribution in [0, 0.1) is 6.92 Å². The Morgan fingerprint density at radius 2 is 1.00 bits per heavy atom. The fourth-order valence-electron chi connectivity index (χ4n) is 0.643. The molecule has 10 nitrogen and oxygen atoms in total. The number of hydrogen-bond acceptors (Lipinski definition) is 10. The van der Waals surface area contributed by atoms with Crippen molar-refractivity contribution in [2.24, 2.45) is 0 Å². The normalized spacial score (nSPS) is 11.3. The van der Waals surface area contributed by atoms with Crippen molar-refractivity contribution < 1.29 is 67.5 Å². The number of rotatable bonds is 4. The van der Waals surface area contributed by atoms with E-state index in [1.807, 2.05) is 18.2 Å². The summed E-state index contributed by atoms with van der Waals surface area (Å²) in [6.45, 7) is 2.08. The van der Waals surface area contributed by atoms with Crippen LogP contribution in [0.3, 0.4) is 0 Å². The fraction of sp³-hybridized carbons (Fsp3) is 0.143. The van der Waals surface area contributed by atoms with Crippen molar-refractivity contribution in [3.63, 3.8) is 0 Å².